The van der Waals surface area contributed by atoms with Crippen LogP contribution in [0.4, 0.5) is 0 Å². The highest BCUT2D eigenvalue weighted by molar-refractivity contribution is 7.85. The van der Waals surface area contributed by atoms with Crippen LogP contribution < -0.4 is 0 Å². The van der Waals surface area contributed by atoms with Crippen LogP contribution >= 0.6 is 0 Å². The predicted octanol–water partition coefficient (Wildman–Crippen LogP) is 5.71. The van der Waals surface area contributed by atoms with Gasteiger partial charge in [-0.15, -0.1) is 0 Å². The summed E-state index contributed by atoms with van der Waals surface area (Å²) in [6.45, 7) is 0.318. The Morgan fingerprint density at radius 1 is 0.468 bits per heavy atom. The summed E-state index contributed by atoms with van der Waals surface area (Å²) in [5.41, 5.74) is 4.46. The molecular formula is C48H54O13S. The molecule has 0 aromatic heterocycles. The molecule has 2 aliphatic heterocycles. The van der Waals surface area contributed by atoms with E-state index in [1.165, 1.54) is 0 Å². The van der Waals surface area contributed by atoms with Crippen LogP contribution in [0.3, 0.4) is 0 Å². The zero-order valence-electron chi connectivity index (χ0n) is 34.5. The van der Waals surface area contributed by atoms with Crippen LogP contribution in [0.2, 0.25) is 0 Å². The molecule has 0 amide bonds. The molecule has 13 nitrogen and oxygen atoms in total. The summed E-state index contributed by atoms with van der Waals surface area (Å²) in [5.74, 6) is 0. The van der Waals surface area contributed by atoms with Gasteiger partial charge in [0.05, 0.1) is 52.5 Å². The van der Waals surface area contributed by atoms with Crippen molar-refractivity contribution in [1.82, 2.24) is 0 Å². The fourth-order valence-electron chi connectivity index (χ4n) is 7.35. The van der Waals surface area contributed by atoms with E-state index >= 15 is 0 Å². The molecule has 2 fully saturated rings. The number of hydrogen-bond acceptors (Lipinski definition) is 13. The van der Waals surface area contributed by atoms with Gasteiger partial charge in [-0.3, -0.25) is 4.18 Å². The highest BCUT2D eigenvalue weighted by Gasteiger charge is 2.53. The molecule has 14 heteroatoms. The van der Waals surface area contributed by atoms with Gasteiger partial charge in [-0.05, 0) is 27.8 Å². The minimum atomic E-state index is -3.92. The van der Waals surface area contributed by atoms with Crippen molar-refractivity contribution in [3.8, 4) is 0 Å². The number of benzene rings is 5. The van der Waals surface area contributed by atoms with Gasteiger partial charge in [-0.25, -0.2) is 0 Å². The lowest BCUT2D eigenvalue weighted by Gasteiger charge is -2.49. The molecule has 0 unspecified atom stereocenters. The number of ether oxygens (including phenoxy) is 8. The maximum atomic E-state index is 12.0. The first kappa shape index (κ1) is 45.6. The third-order valence-electron chi connectivity index (χ3n) is 10.5. The molecule has 10 atom stereocenters. The van der Waals surface area contributed by atoms with Gasteiger partial charge in [0.2, 0.25) is 0 Å². The van der Waals surface area contributed by atoms with Crippen LogP contribution in [-0.2, 0) is 85.2 Å². The van der Waals surface area contributed by atoms with Crippen molar-refractivity contribution in [2.24, 2.45) is 0 Å². The fourth-order valence-corrected chi connectivity index (χ4v) is 7.73. The molecule has 7 rings (SSSR count). The SMILES string of the molecule is CS(=O)(=O)OC[C@H]1O[C@H](O)[C@H](O[C@H]2O[C@H](COCc3ccccc3)[C@@H](OCc3ccccc3)[C@H](OCc3ccccc3)[C@H]2OCc2ccccc2)[C@@H](OCc2ccccc2)[C@@H]1O. The van der Waals surface area contributed by atoms with E-state index < -0.39 is 78.1 Å². The van der Waals surface area contributed by atoms with E-state index in [9.17, 15) is 18.6 Å². The van der Waals surface area contributed by atoms with Gasteiger partial charge in [0.25, 0.3) is 10.1 Å². The van der Waals surface area contributed by atoms with E-state index in [0.717, 1.165) is 34.1 Å². The van der Waals surface area contributed by atoms with Crippen LogP contribution in [0.5, 0.6) is 0 Å². The van der Waals surface area contributed by atoms with Crippen molar-refractivity contribution in [3.63, 3.8) is 0 Å². The Kier molecular flexibility index (Phi) is 16.8. The summed E-state index contributed by atoms with van der Waals surface area (Å²) in [4.78, 5) is 0. The van der Waals surface area contributed by atoms with Gasteiger partial charge < -0.3 is 48.1 Å². The molecule has 0 saturated carbocycles. The molecule has 2 aliphatic rings. The summed E-state index contributed by atoms with van der Waals surface area (Å²) in [5, 5.41) is 23.4. The first-order valence-corrected chi connectivity index (χ1v) is 22.4. The number of aliphatic hydroxyl groups is 2. The Morgan fingerprint density at radius 2 is 0.871 bits per heavy atom. The molecule has 0 radical (unpaired) electrons. The lowest BCUT2D eigenvalue weighted by molar-refractivity contribution is -0.376. The lowest BCUT2D eigenvalue weighted by Crippen LogP contribution is -2.66. The van der Waals surface area contributed by atoms with Crippen LogP contribution in [0.25, 0.3) is 0 Å². The summed E-state index contributed by atoms with van der Waals surface area (Å²) < 4.78 is 81.3. The van der Waals surface area contributed by atoms with Crippen molar-refractivity contribution in [2.75, 3.05) is 19.5 Å². The molecule has 2 heterocycles. The zero-order valence-corrected chi connectivity index (χ0v) is 35.3. The van der Waals surface area contributed by atoms with Crippen molar-refractivity contribution in [2.45, 2.75) is 94.4 Å². The second kappa shape index (κ2) is 22.8. The topological polar surface area (TPSA) is 158 Å². The average molecular weight is 871 g/mol. The molecule has 0 spiro atoms. The number of hydrogen-bond donors (Lipinski definition) is 2. The second-order valence-corrected chi connectivity index (χ2v) is 16.9. The van der Waals surface area contributed by atoms with Gasteiger partial charge >= 0.3 is 0 Å². The standard InChI is InChI=1S/C48H54O13S/c1-62(51,52)58-33-39-41(49)43(55-29-36-21-11-4-12-22-36)45(47(50)59-39)61-48-46(57-31-38-25-15-6-16-26-38)44(56-30-37-23-13-5-14-24-37)42(54-28-35-19-9-3-10-20-35)40(60-48)32-53-27-34-17-7-2-8-18-34/h2-26,39-50H,27-33H2,1H3/t39-,40-,41-,42-,43+,44+,45-,46-,47+,48-/m1/s1. The summed E-state index contributed by atoms with van der Waals surface area (Å²) >= 11 is 0. The number of rotatable bonds is 21. The van der Waals surface area contributed by atoms with Crippen LogP contribution in [-0.4, -0.2) is 99.5 Å². The Labute approximate surface area is 363 Å². The molecule has 5 aromatic rings. The van der Waals surface area contributed by atoms with Crippen molar-refractivity contribution < 1.29 is 60.7 Å². The van der Waals surface area contributed by atoms with Crippen molar-refractivity contribution in [1.29, 1.82) is 0 Å². The minimum absolute atomic E-state index is 0.0163. The molecule has 2 saturated heterocycles. The quantitative estimate of drug-likeness (QED) is 0.0866. The maximum Gasteiger partial charge on any atom is 0.264 e. The Morgan fingerprint density at radius 3 is 1.32 bits per heavy atom. The largest absolute Gasteiger partial charge is 0.387 e. The average Bonchev–Trinajstić information content (AvgIpc) is 3.29. The Hall–Kier alpha value is -4.39. The van der Waals surface area contributed by atoms with Crippen molar-refractivity contribution >= 4 is 10.1 Å². The van der Waals surface area contributed by atoms with Gasteiger partial charge in [0, 0.05) is 0 Å². The first-order valence-electron chi connectivity index (χ1n) is 20.6. The number of aliphatic hydroxyl groups excluding tert-OH is 2. The zero-order chi connectivity index (χ0) is 43.2. The van der Waals surface area contributed by atoms with E-state index in [1.807, 2.05) is 152 Å². The minimum Gasteiger partial charge on any atom is -0.387 e. The third-order valence-corrected chi connectivity index (χ3v) is 11.1. The van der Waals surface area contributed by atoms with Gasteiger partial charge in [-0.1, -0.05) is 152 Å². The molecule has 0 aliphatic carbocycles. The summed E-state index contributed by atoms with van der Waals surface area (Å²) in [7, 11) is -3.92. The fraction of sp³-hybridized carbons (Fsp3) is 0.375. The van der Waals surface area contributed by atoms with Gasteiger partial charge in [0.1, 0.15) is 48.8 Å². The lowest BCUT2D eigenvalue weighted by atomic mass is 9.96. The molecule has 5 aromatic carbocycles. The van der Waals surface area contributed by atoms with E-state index in [1.54, 1.807) is 0 Å². The van der Waals surface area contributed by atoms with E-state index in [-0.39, 0.29) is 39.6 Å². The monoisotopic (exact) mass is 870 g/mol. The highest BCUT2D eigenvalue weighted by Crippen LogP contribution is 2.35. The van der Waals surface area contributed by atoms with Gasteiger partial charge in [-0.2, -0.15) is 8.42 Å². The molecule has 2 N–H and O–H groups in total. The molecule has 0 bridgehead atoms. The normalized spacial score (nSPS) is 26.6. The molecular weight excluding hydrogens is 817 g/mol. The Balaban J connectivity index is 1.23. The summed E-state index contributed by atoms with van der Waals surface area (Å²) in [6.07, 6.45) is -11.0. The highest BCUT2D eigenvalue weighted by atomic mass is 32.2. The van der Waals surface area contributed by atoms with E-state index in [2.05, 4.69) is 0 Å². The predicted molar refractivity (Wildman–Crippen MR) is 227 cm³/mol. The molecule has 62 heavy (non-hydrogen) atoms. The van der Waals surface area contributed by atoms with Crippen molar-refractivity contribution in [3.05, 3.63) is 179 Å². The maximum absolute atomic E-state index is 12.0. The summed E-state index contributed by atoms with van der Waals surface area (Å²) in [6, 6.07) is 48.1. The smallest absolute Gasteiger partial charge is 0.264 e. The van der Waals surface area contributed by atoms with E-state index in [4.69, 9.17) is 42.1 Å². The van der Waals surface area contributed by atoms with Crippen LogP contribution in [0.1, 0.15) is 27.8 Å². The van der Waals surface area contributed by atoms with Gasteiger partial charge in [0.15, 0.2) is 12.6 Å². The second-order valence-electron chi connectivity index (χ2n) is 15.2. The molecule has 330 valence electrons. The van der Waals surface area contributed by atoms with E-state index in [0.29, 0.717) is 0 Å². The first-order chi connectivity index (χ1) is 30.2. The van der Waals surface area contributed by atoms with Crippen LogP contribution in [0.15, 0.2) is 152 Å². The van der Waals surface area contributed by atoms with Crippen LogP contribution in [0, 0.1) is 0 Å². The Bertz CT molecular complexity index is 2140. The third kappa shape index (κ3) is 13.3.